The molecule has 3 rings (SSSR count). The topological polar surface area (TPSA) is 81.6 Å². The highest BCUT2D eigenvalue weighted by atomic mass is 16.1. The first-order chi connectivity index (χ1) is 12.7. The molecule has 26 heavy (non-hydrogen) atoms. The Morgan fingerprint density at radius 1 is 1.23 bits per heavy atom. The molecular formula is C21H24N4O. The molecule has 1 aliphatic carbocycles. The number of nitriles is 1. The van der Waals surface area contributed by atoms with Crippen LogP contribution in [0.5, 0.6) is 0 Å². The minimum atomic E-state index is -0.296. The molecular weight excluding hydrogens is 324 g/mol. The number of hydrogen-bond donors (Lipinski definition) is 2. The molecule has 1 saturated carbocycles. The summed E-state index contributed by atoms with van der Waals surface area (Å²) in [5.74, 6) is -0.296. The monoisotopic (exact) mass is 348 g/mol. The van der Waals surface area contributed by atoms with Crippen molar-refractivity contribution in [3.8, 4) is 17.3 Å². The smallest absolute Gasteiger partial charge is 0.262 e. The number of aromatic amines is 1. The second-order valence-corrected chi connectivity index (χ2v) is 6.90. The summed E-state index contributed by atoms with van der Waals surface area (Å²) < 4.78 is 0. The molecule has 1 heterocycles. The average Bonchev–Trinajstić information content (AvgIpc) is 2.95. The fourth-order valence-electron chi connectivity index (χ4n) is 3.35. The van der Waals surface area contributed by atoms with Crippen LogP contribution in [-0.4, -0.2) is 22.1 Å². The molecule has 0 atom stereocenters. The molecule has 1 aliphatic rings. The SMILES string of the molecule is Cc1ccc(-c2[nH]ncc2C=C(C#N)C(=O)NC2CCCCCC2)cc1. The predicted octanol–water partition coefficient (Wildman–Crippen LogP) is 4.13. The Kier molecular flexibility index (Phi) is 5.85. The second-order valence-electron chi connectivity index (χ2n) is 6.90. The Balaban J connectivity index is 1.79. The van der Waals surface area contributed by atoms with Gasteiger partial charge in [-0.2, -0.15) is 10.4 Å². The Hall–Kier alpha value is -2.87. The minimum absolute atomic E-state index is 0.115. The van der Waals surface area contributed by atoms with Gasteiger partial charge in [-0.15, -0.1) is 0 Å². The number of rotatable bonds is 4. The van der Waals surface area contributed by atoms with E-state index in [1.54, 1.807) is 12.3 Å². The summed E-state index contributed by atoms with van der Waals surface area (Å²) in [7, 11) is 0. The van der Waals surface area contributed by atoms with Crippen molar-refractivity contribution in [2.75, 3.05) is 0 Å². The maximum Gasteiger partial charge on any atom is 0.262 e. The number of aryl methyl sites for hydroxylation is 1. The van der Waals surface area contributed by atoms with Gasteiger partial charge in [0.1, 0.15) is 11.6 Å². The summed E-state index contributed by atoms with van der Waals surface area (Å²) >= 11 is 0. The first-order valence-electron chi connectivity index (χ1n) is 9.20. The molecule has 0 spiro atoms. The summed E-state index contributed by atoms with van der Waals surface area (Å²) in [6, 6.07) is 10.2. The van der Waals surface area contributed by atoms with Crippen LogP contribution in [0.2, 0.25) is 0 Å². The number of benzene rings is 1. The summed E-state index contributed by atoms with van der Waals surface area (Å²) in [4.78, 5) is 12.5. The standard InChI is InChI=1S/C21H24N4O/c1-15-8-10-16(11-9-15)20-18(14-23-25-20)12-17(13-22)21(26)24-19-6-4-2-3-5-7-19/h8-12,14,19H,2-7H2,1H3,(H,23,25)(H,24,26). The van der Waals surface area contributed by atoms with Crippen molar-refractivity contribution in [3.63, 3.8) is 0 Å². The molecule has 0 radical (unpaired) electrons. The molecule has 1 aromatic carbocycles. The van der Waals surface area contributed by atoms with E-state index in [2.05, 4.69) is 15.5 Å². The fraction of sp³-hybridized carbons (Fsp3) is 0.381. The third-order valence-electron chi connectivity index (χ3n) is 4.86. The fourth-order valence-corrected chi connectivity index (χ4v) is 3.35. The van der Waals surface area contributed by atoms with E-state index in [1.165, 1.54) is 18.4 Å². The van der Waals surface area contributed by atoms with Gasteiger partial charge in [-0.05, 0) is 25.8 Å². The first kappa shape index (κ1) is 17.9. The number of carbonyl (C=O) groups excluding carboxylic acids is 1. The average molecular weight is 348 g/mol. The zero-order chi connectivity index (χ0) is 18.4. The molecule has 134 valence electrons. The number of nitrogens with one attached hydrogen (secondary N) is 2. The molecule has 0 saturated heterocycles. The molecule has 2 aromatic rings. The lowest BCUT2D eigenvalue weighted by molar-refractivity contribution is -0.117. The molecule has 5 heteroatoms. The van der Waals surface area contributed by atoms with Gasteiger partial charge in [0.2, 0.25) is 0 Å². The van der Waals surface area contributed by atoms with Crippen LogP contribution >= 0.6 is 0 Å². The van der Waals surface area contributed by atoms with Gasteiger partial charge in [0, 0.05) is 17.2 Å². The lowest BCUT2D eigenvalue weighted by Crippen LogP contribution is -2.35. The molecule has 1 aromatic heterocycles. The van der Waals surface area contributed by atoms with Crippen molar-refractivity contribution in [2.45, 2.75) is 51.5 Å². The molecule has 1 amide bonds. The Labute approximate surface area is 154 Å². The van der Waals surface area contributed by atoms with E-state index in [0.717, 1.165) is 42.5 Å². The quantitative estimate of drug-likeness (QED) is 0.495. The molecule has 0 bridgehead atoms. The van der Waals surface area contributed by atoms with Crippen molar-refractivity contribution >= 4 is 12.0 Å². The first-order valence-corrected chi connectivity index (χ1v) is 9.20. The Morgan fingerprint density at radius 3 is 2.58 bits per heavy atom. The van der Waals surface area contributed by atoms with Gasteiger partial charge in [-0.1, -0.05) is 55.5 Å². The lowest BCUT2D eigenvalue weighted by Gasteiger charge is -2.15. The van der Waals surface area contributed by atoms with Crippen LogP contribution in [0.15, 0.2) is 36.0 Å². The van der Waals surface area contributed by atoms with Crippen LogP contribution in [0.1, 0.15) is 49.7 Å². The molecule has 0 aliphatic heterocycles. The van der Waals surface area contributed by atoms with E-state index in [0.29, 0.717) is 0 Å². The number of carbonyl (C=O) groups is 1. The van der Waals surface area contributed by atoms with Gasteiger partial charge in [-0.3, -0.25) is 9.89 Å². The highest BCUT2D eigenvalue weighted by Gasteiger charge is 2.18. The normalized spacial score (nSPS) is 15.9. The summed E-state index contributed by atoms with van der Waals surface area (Å²) in [5, 5.41) is 19.5. The number of hydrogen-bond acceptors (Lipinski definition) is 3. The van der Waals surface area contributed by atoms with Gasteiger partial charge in [0.15, 0.2) is 0 Å². The van der Waals surface area contributed by atoms with Gasteiger partial charge in [0.05, 0.1) is 11.9 Å². The van der Waals surface area contributed by atoms with Crippen molar-refractivity contribution in [1.29, 1.82) is 5.26 Å². The maximum atomic E-state index is 12.5. The third-order valence-corrected chi connectivity index (χ3v) is 4.86. The lowest BCUT2D eigenvalue weighted by atomic mass is 10.0. The van der Waals surface area contributed by atoms with Gasteiger partial charge in [-0.25, -0.2) is 0 Å². The molecule has 2 N–H and O–H groups in total. The van der Waals surface area contributed by atoms with Crippen LogP contribution < -0.4 is 5.32 Å². The zero-order valence-electron chi connectivity index (χ0n) is 15.1. The minimum Gasteiger partial charge on any atom is -0.349 e. The van der Waals surface area contributed by atoms with Gasteiger partial charge in [0.25, 0.3) is 5.91 Å². The summed E-state index contributed by atoms with van der Waals surface area (Å²) in [6.07, 6.45) is 9.96. The number of nitrogens with zero attached hydrogens (tertiary/aromatic N) is 2. The van der Waals surface area contributed by atoms with Crippen LogP contribution in [-0.2, 0) is 4.79 Å². The second kappa shape index (κ2) is 8.48. The van der Waals surface area contributed by atoms with Crippen molar-refractivity contribution in [3.05, 3.63) is 47.2 Å². The van der Waals surface area contributed by atoms with Crippen molar-refractivity contribution < 1.29 is 4.79 Å². The zero-order valence-corrected chi connectivity index (χ0v) is 15.1. The van der Waals surface area contributed by atoms with E-state index in [4.69, 9.17) is 0 Å². The highest BCUT2D eigenvalue weighted by molar-refractivity contribution is 6.02. The summed E-state index contributed by atoms with van der Waals surface area (Å²) in [5.41, 5.74) is 3.80. The number of aromatic nitrogens is 2. The molecule has 5 nitrogen and oxygen atoms in total. The Morgan fingerprint density at radius 2 is 1.92 bits per heavy atom. The van der Waals surface area contributed by atoms with E-state index < -0.39 is 0 Å². The number of H-pyrrole nitrogens is 1. The van der Waals surface area contributed by atoms with Crippen LogP contribution in [0.3, 0.4) is 0 Å². The Bertz CT molecular complexity index is 818. The van der Waals surface area contributed by atoms with E-state index in [9.17, 15) is 10.1 Å². The highest BCUT2D eigenvalue weighted by Crippen LogP contribution is 2.24. The largest absolute Gasteiger partial charge is 0.349 e. The van der Waals surface area contributed by atoms with Gasteiger partial charge >= 0.3 is 0 Å². The van der Waals surface area contributed by atoms with E-state index >= 15 is 0 Å². The third kappa shape index (κ3) is 4.40. The van der Waals surface area contributed by atoms with Gasteiger partial charge < -0.3 is 5.32 Å². The van der Waals surface area contributed by atoms with Crippen LogP contribution in [0.4, 0.5) is 0 Å². The molecule has 1 fully saturated rings. The van der Waals surface area contributed by atoms with Crippen LogP contribution in [0, 0.1) is 18.3 Å². The number of amides is 1. The van der Waals surface area contributed by atoms with Crippen molar-refractivity contribution in [1.82, 2.24) is 15.5 Å². The van der Waals surface area contributed by atoms with Crippen LogP contribution in [0.25, 0.3) is 17.3 Å². The van der Waals surface area contributed by atoms with E-state index in [-0.39, 0.29) is 17.5 Å². The van der Waals surface area contributed by atoms with E-state index in [1.807, 2.05) is 37.3 Å². The summed E-state index contributed by atoms with van der Waals surface area (Å²) in [6.45, 7) is 2.03. The predicted molar refractivity (Wildman–Crippen MR) is 102 cm³/mol. The van der Waals surface area contributed by atoms with Crippen molar-refractivity contribution in [2.24, 2.45) is 0 Å². The molecule has 0 unspecified atom stereocenters. The maximum absolute atomic E-state index is 12.5.